The Bertz CT molecular complexity index is 446. The molecule has 0 radical (unpaired) electrons. The number of carboxylic acid groups (broad SMARTS) is 1. The van der Waals surface area contributed by atoms with Crippen molar-refractivity contribution in [2.75, 3.05) is 26.2 Å². The van der Waals surface area contributed by atoms with Crippen LogP contribution in [0.15, 0.2) is 18.7 Å². The van der Waals surface area contributed by atoms with E-state index in [-0.39, 0.29) is 5.91 Å². The monoisotopic (exact) mass is 280 g/mol. The molecule has 7 nitrogen and oxygen atoms in total. The highest BCUT2D eigenvalue weighted by Gasteiger charge is 2.25. The maximum Gasteiger partial charge on any atom is 0.309 e. The quantitative estimate of drug-likeness (QED) is 0.779. The van der Waals surface area contributed by atoms with Crippen LogP contribution in [0.4, 0.5) is 0 Å². The topological polar surface area (TPSA) is 87.5 Å². The molecule has 20 heavy (non-hydrogen) atoms. The molecule has 1 aromatic rings. The molecule has 0 unspecified atom stereocenters. The van der Waals surface area contributed by atoms with Crippen molar-refractivity contribution in [3.8, 4) is 0 Å². The van der Waals surface area contributed by atoms with Crippen LogP contribution < -0.4 is 5.32 Å². The molecule has 1 amide bonds. The lowest BCUT2D eigenvalue weighted by Gasteiger charge is -2.22. The summed E-state index contributed by atoms with van der Waals surface area (Å²) in [7, 11) is 0. The van der Waals surface area contributed by atoms with Crippen LogP contribution in [-0.4, -0.2) is 57.6 Å². The van der Waals surface area contributed by atoms with Crippen LogP contribution in [0.3, 0.4) is 0 Å². The van der Waals surface area contributed by atoms with Gasteiger partial charge in [0.1, 0.15) is 0 Å². The number of aryl methyl sites for hydroxylation is 1. The minimum Gasteiger partial charge on any atom is -0.481 e. The average molecular weight is 280 g/mol. The van der Waals surface area contributed by atoms with E-state index in [2.05, 4.69) is 10.3 Å². The zero-order chi connectivity index (χ0) is 14.4. The van der Waals surface area contributed by atoms with Crippen LogP contribution in [0.5, 0.6) is 0 Å². The van der Waals surface area contributed by atoms with Crippen molar-refractivity contribution in [1.82, 2.24) is 19.8 Å². The number of hydrogen-bond donors (Lipinski definition) is 2. The zero-order valence-electron chi connectivity index (χ0n) is 11.4. The number of carboxylic acids is 1. The molecule has 7 heteroatoms. The van der Waals surface area contributed by atoms with Gasteiger partial charge in [0.2, 0.25) is 5.91 Å². The number of aromatic nitrogens is 2. The van der Waals surface area contributed by atoms with Crippen molar-refractivity contribution in [3.63, 3.8) is 0 Å². The number of carbonyl (C=O) groups excluding carboxylic acids is 1. The number of nitrogens with one attached hydrogen (secondary N) is 1. The number of aliphatic carboxylic acids is 1. The molecule has 1 aliphatic rings. The van der Waals surface area contributed by atoms with Crippen molar-refractivity contribution < 1.29 is 14.7 Å². The van der Waals surface area contributed by atoms with Crippen LogP contribution in [0.25, 0.3) is 0 Å². The van der Waals surface area contributed by atoms with Gasteiger partial charge in [-0.15, -0.1) is 0 Å². The van der Waals surface area contributed by atoms with Crippen LogP contribution >= 0.6 is 0 Å². The summed E-state index contributed by atoms with van der Waals surface area (Å²) in [5.41, 5.74) is 0. The fourth-order valence-electron chi connectivity index (χ4n) is 2.29. The molecule has 2 rings (SSSR count). The predicted molar refractivity (Wildman–Crippen MR) is 72.0 cm³/mol. The molecule has 0 saturated carbocycles. The summed E-state index contributed by atoms with van der Waals surface area (Å²) in [4.78, 5) is 28.8. The summed E-state index contributed by atoms with van der Waals surface area (Å²) in [6.45, 7) is 2.70. The van der Waals surface area contributed by atoms with E-state index >= 15 is 0 Å². The molecule has 0 aromatic carbocycles. The lowest BCUT2D eigenvalue weighted by atomic mass is 10.1. The van der Waals surface area contributed by atoms with Crippen LogP contribution in [-0.2, 0) is 16.1 Å². The first-order valence-electron chi connectivity index (χ1n) is 6.84. The molecule has 0 spiro atoms. The second-order valence-corrected chi connectivity index (χ2v) is 4.98. The maximum atomic E-state index is 12.1. The van der Waals surface area contributed by atoms with Crippen LogP contribution in [0.1, 0.15) is 12.8 Å². The molecule has 1 atom stereocenters. The van der Waals surface area contributed by atoms with Gasteiger partial charge in [0.25, 0.3) is 0 Å². The smallest absolute Gasteiger partial charge is 0.309 e. The Balaban J connectivity index is 1.79. The van der Waals surface area contributed by atoms with E-state index in [4.69, 9.17) is 5.11 Å². The minimum absolute atomic E-state index is 0.0278. The second kappa shape index (κ2) is 7.04. The predicted octanol–water partition coefficient (Wildman–Crippen LogP) is -0.204. The van der Waals surface area contributed by atoms with Crippen molar-refractivity contribution in [2.45, 2.75) is 19.4 Å². The standard InChI is InChI=1S/C13H20N4O3/c18-12(2-1-5-16-6-3-15-10-16)17-7-4-14-8-11(9-17)13(19)20/h3,6,10-11,14H,1-2,4-5,7-9H2,(H,19,20)/t11-/m0/s1. The van der Waals surface area contributed by atoms with Gasteiger partial charge < -0.3 is 19.9 Å². The van der Waals surface area contributed by atoms with E-state index in [1.54, 1.807) is 17.4 Å². The van der Waals surface area contributed by atoms with Gasteiger partial charge in [0.15, 0.2) is 0 Å². The normalized spacial score (nSPS) is 19.6. The largest absolute Gasteiger partial charge is 0.481 e. The Morgan fingerprint density at radius 3 is 3.00 bits per heavy atom. The molecule has 0 bridgehead atoms. The van der Waals surface area contributed by atoms with Crippen molar-refractivity contribution >= 4 is 11.9 Å². The Hall–Kier alpha value is -1.89. The zero-order valence-corrected chi connectivity index (χ0v) is 11.4. The van der Waals surface area contributed by atoms with E-state index < -0.39 is 11.9 Å². The summed E-state index contributed by atoms with van der Waals surface area (Å²) in [6, 6.07) is 0. The number of carbonyl (C=O) groups is 2. The van der Waals surface area contributed by atoms with Gasteiger partial charge in [0.05, 0.1) is 12.2 Å². The Labute approximate surface area is 117 Å². The van der Waals surface area contributed by atoms with Gasteiger partial charge in [-0.1, -0.05) is 0 Å². The van der Waals surface area contributed by atoms with E-state index in [0.29, 0.717) is 32.6 Å². The number of imidazole rings is 1. The van der Waals surface area contributed by atoms with Crippen molar-refractivity contribution in [2.24, 2.45) is 5.92 Å². The summed E-state index contributed by atoms with van der Waals surface area (Å²) in [5.74, 6) is -1.34. The summed E-state index contributed by atoms with van der Waals surface area (Å²) in [5, 5.41) is 12.1. The van der Waals surface area contributed by atoms with Gasteiger partial charge in [-0.2, -0.15) is 0 Å². The Morgan fingerprint density at radius 1 is 1.45 bits per heavy atom. The number of amides is 1. The van der Waals surface area contributed by atoms with E-state index in [9.17, 15) is 9.59 Å². The molecule has 0 aliphatic carbocycles. The van der Waals surface area contributed by atoms with Crippen LogP contribution in [0, 0.1) is 5.92 Å². The third-order valence-corrected chi connectivity index (χ3v) is 3.46. The molecule has 1 saturated heterocycles. The Kier molecular flexibility index (Phi) is 5.11. The molecule has 1 aliphatic heterocycles. The SMILES string of the molecule is O=C(O)[C@H]1CNCCN(C(=O)CCCn2ccnc2)C1. The van der Waals surface area contributed by atoms with E-state index in [0.717, 1.165) is 13.0 Å². The second-order valence-electron chi connectivity index (χ2n) is 4.98. The van der Waals surface area contributed by atoms with Crippen molar-refractivity contribution in [3.05, 3.63) is 18.7 Å². The number of rotatable bonds is 5. The summed E-state index contributed by atoms with van der Waals surface area (Å²) >= 11 is 0. The third-order valence-electron chi connectivity index (χ3n) is 3.46. The highest BCUT2D eigenvalue weighted by Crippen LogP contribution is 2.07. The van der Waals surface area contributed by atoms with Crippen molar-refractivity contribution in [1.29, 1.82) is 0 Å². The van der Waals surface area contributed by atoms with Gasteiger partial charge in [-0.25, -0.2) is 4.98 Å². The molecule has 2 N–H and O–H groups in total. The molecule has 1 aromatic heterocycles. The minimum atomic E-state index is -0.851. The molecular formula is C13H20N4O3. The lowest BCUT2D eigenvalue weighted by Crippen LogP contribution is -2.38. The molecule has 1 fully saturated rings. The van der Waals surface area contributed by atoms with Gasteiger partial charge in [-0.3, -0.25) is 9.59 Å². The maximum absolute atomic E-state index is 12.1. The van der Waals surface area contributed by atoms with Gasteiger partial charge in [0, 0.05) is 51.5 Å². The average Bonchev–Trinajstić information content (AvgIpc) is 2.80. The number of hydrogen-bond acceptors (Lipinski definition) is 4. The van der Waals surface area contributed by atoms with E-state index in [1.165, 1.54) is 0 Å². The Morgan fingerprint density at radius 2 is 2.30 bits per heavy atom. The molecule has 2 heterocycles. The molecular weight excluding hydrogens is 260 g/mol. The van der Waals surface area contributed by atoms with Crippen LogP contribution in [0.2, 0.25) is 0 Å². The first kappa shape index (κ1) is 14.5. The molecule has 110 valence electrons. The fraction of sp³-hybridized carbons (Fsp3) is 0.615. The first-order valence-corrected chi connectivity index (χ1v) is 6.84. The summed E-state index contributed by atoms with van der Waals surface area (Å²) in [6.07, 6.45) is 6.46. The highest BCUT2D eigenvalue weighted by molar-refractivity contribution is 5.77. The van der Waals surface area contributed by atoms with Gasteiger partial charge in [-0.05, 0) is 6.42 Å². The highest BCUT2D eigenvalue weighted by atomic mass is 16.4. The summed E-state index contributed by atoms with van der Waals surface area (Å²) < 4.78 is 1.93. The van der Waals surface area contributed by atoms with Gasteiger partial charge >= 0.3 is 5.97 Å². The third kappa shape index (κ3) is 4.06. The van der Waals surface area contributed by atoms with E-state index in [1.807, 2.05) is 10.8 Å². The first-order chi connectivity index (χ1) is 9.66. The lowest BCUT2D eigenvalue weighted by molar-refractivity contribution is -0.143. The number of nitrogens with zero attached hydrogens (tertiary/aromatic N) is 3. The fourth-order valence-corrected chi connectivity index (χ4v) is 2.29.